The molecular formula is C30H60O4. The fourth-order valence-electron chi connectivity index (χ4n) is 4.33. The van der Waals surface area contributed by atoms with Crippen molar-refractivity contribution in [2.75, 3.05) is 20.3 Å². The molecule has 0 heterocycles. The van der Waals surface area contributed by atoms with Crippen molar-refractivity contribution in [1.29, 1.82) is 0 Å². The molecule has 0 aromatic rings. The van der Waals surface area contributed by atoms with Gasteiger partial charge in [0.2, 0.25) is 0 Å². The van der Waals surface area contributed by atoms with Gasteiger partial charge >= 0.3 is 5.97 Å². The van der Waals surface area contributed by atoms with Crippen molar-refractivity contribution in [3.8, 4) is 0 Å². The summed E-state index contributed by atoms with van der Waals surface area (Å²) < 4.78 is 17.0. The Hall–Kier alpha value is -0.610. The van der Waals surface area contributed by atoms with Crippen molar-refractivity contribution >= 4 is 5.97 Å². The first-order valence-electron chi connectivity index (χ1n) is 15.0. The number of unbranched alkanes of at least 4 members (excludes halogenated alkanes) is 18. The first-order valence-corrected chi connectivity index (χ1v) is 15.0. The standard InChI is InChI=1S/C30H60O4/c1-4-6-8-10-12-14-19-23-27-33-30(26-22-18-16-17-21-25-29(31)32-3)34-28-24-20-15-13-11-9-7-5-2/h30H,4-28H2,1-3H3. The molecule has 4 nitrogen and oxygen atoms in total. The monoisotopic (exact) mass is 484 g/mol. The number of rotatable bonds is 28. The van der Waals surface area contributed by atoms with Crippen LogP contribution in [0.15, 0.2) is 0 Å². The molecule has 0 amide bonds. The summed E-state index contributed by atoms with van der Waals surface area (Å²) in [5.41, 5.74) is 0. The number of methoxy groups -OCH3 is 1. The van der Waals surface area contributed by atoms with Crippen LogP contribution in [0.4, 0.5) is 0 Å². The van der Waals surface area contributed by atoms with Crippen molar-refractivity contribution in [1.82, 2.24) is 0 Å². The topological polar surface area (TPSA) is 44.8 Å². The summed E-state index contributed by atoms with van der Waals surface area (Å²) in [6, 6.07) is 0. The molecule has 204 valence electrons. The van der Waals surface area contributed by atoms with Crippen LogP contribution in [0.5, 0.6) is 0 Å². The molecular weight excluding hydrogens is 424 g/mol. The van der Waals surface area contributed by atoms with E-state index in [-0.39, 0.29) is 12.3 Å². The fraction of sp³-hybridized carbons (Fsp3) is 0.967. The summed E-state index contributed by atoms with van der Waals surface area (Å²) in [5.74, 6) is -0.0937. The molecule has 4 heteroatoms. The SMILES string of the molecule is CCCCCCCCCCOC(CCCCCCCC(=O)OC)OCCCCCCCCCC. The third-order valence-electron chi connectivity index (χ3n) is 6.65. The molecule has 0 atom stereocenters. The lowest BCUT2D eigenvalue weighted by molar-refractivity contribution is -0.148. The van der Waals surface area contributed by atoms with E-state index >= 15 is 0 Å². The van der Waals surface area contributed by atoms with Gasteiger partial charge in [-0.2, -0.15) is 0 Å². The minimum atomic E-state index is -0.0937. The molecule has 0 saturated carbocycles. The molecule has 0 bridgehead atoms. The molecule has 0 unspecified atom stereocenters. The van der Waals surface area contributed by atoms with Crippen molar-refractivity contribution in [2.24, 2.45) is 0 Å². The van der Waals surface area contributed by atoms with E-state index in [1.165, 1.54) is 110 Å². The van der Waals surface area contributed by atoms with Gasteiger partial charge in [0.15, 0.2) is 6.29 Å². The lowest BCUT2D eigenvalue weighted by Crippen LogP contribution is -2.19. The average molecular weight is 485 g/mol. The van der Waals surface area contributed by atoms with E-state index in [9.17, 15) is 4.79 Å². The maximum atomic E-state index is 11.2. The van der Waals surface area contributed by atoms with Gasteiger partial charge in [-0.05, 0) is 32.1 Å². The minimum Gasteiger partial charge on any atom is -0.469 e. The van der Waals surface area contributed by atoms with Gasteiger partial charge < -0.3 is 14.2 Å². The Labute approximate surface area is 213 Å². The van der Waals surface area contributed by atoms with Crippen molar-refractivity contribution < 1.29 is 19.0 Å². The summed E-state index contributed by atoms with van der Waals surface area (Å²) in [4.78, 5) is 11.2. The lowest BCUT2D eigenvalue weighted by Gasteiger charge is -2.19. The second kappa shape index (κ2) is 28.6. The smallest absolute Gasteiger partial charge is 0.305 e. The van der Waals surface area contributed by atoms with Crippen LogP contribution < -0.4 is 0 Å². The summed E-state index contributed by atoms with van der Waals surface area (Å²) >= 11 is 0. The zero-order chi connectivity index (χ0) is 25.0. The van der Waals surface area contributed by atoms with E-state index in [1.807, 2.05) is 0 Å². The van der Waals surface area contributed by atoms with Gasteiger partial charge in [-0.3, -0.25) is 4.79 Å². The Morgan fingerprint density at radius 2 is 0.912 bits per heavy atom. The maximum absolute atomic E-state index is 11.2. The number of hydrogen-bond donors (Lipinski definition) is 0. The number of carbonyl (C=O) groups is 1. The Balaban J connectivity index is 3.90. The van der Waals surface area contributed by atoms with E-state index < -0.39 is 0 Å². The van der Waals surface area contributed by atoms with Crippen LogP contribution in [0.3, 0.4) is 0 Å². The van der Waals surface area contributed by atoms with Gasteiger partial charge in [0, 0.05) is 19.6 Å². The Morgan fingerprint density at radius 3 is 1.35 bits per heavy atom. The number of carbonyl (C=O) groups excluding carboxylic acids is 1. The second-order valence-corrected chi connectivity index (χ2v) is 10.0. The van der Waals surface area contributed by atoms with Gasteiger partial charge in [0.25, 0.3) is 0 Å². The van der Waals surface area contributed by atoms with Crippen LogP contribution in [0, 0.1) is 0 Å². The van der Waals surface area contributed by atoms with Gasteiger partial charge in [-0.25, -0.2) is 0 Å². The summed E-state index contributed by atoms with van der Waals surface area (Å²) in [6.45, 7) is 6.21. The molecule has 34 heavy (non-hydrogen) atoms. The summed E-state index contributed by atoms with van der Waals surface area (Å²) in [7, 11) is 1.46. The van der Waals surface area contributed by atoms with E-state index in [2.05, 4.69) is 13.8 Å². The van der Waals surface area contributed by atoms with Gasteiger partial charge in [0.1, 0.15) is 0 Å². The van der Waals surface area contributed by atoms with Crippen LogP contribution in [0.1, 0.15) is 162 Å². The van der Waals surface area contributed by atoms with Crippen LogP contribution in [0.2, 0.25) is 0 Å². The van der Waals surface area contributed by atoms with E-state index in [4.69, 9.17) is 14.2 Å². The van der Waals surface area contributed by atoms with Crippen LogP contribution >= 0.6 is 0 Å². The number of ether oxygens (including phenoxy) is 3. The predicted octanol–water partition coefficient (Wildman–Crippen LogP) is 9.53. The maximum Gasteiger partial charge on any atom is 0.305 e. The first kappa shape index (κ1) is 33.4. The molecule has 0 fully saturated rings. The Bertz CT molecular complexity index is 377. The van der Waals surface area contributed by atoms with Crippen molar-refractivity contribution in [2.45, 2.75) is 168 Å². The molecule has 0 aliphatic carbocycles. The molecule has 0 aliphatic rings. The molecule has 0 radical (unpaired) electrons. The molecule has 0 aromatic carbocycles. The normalized spacial score (nSPS) is 11.4. The van der Waals surface area contributed by atoms with Crippen LogP contribution in [-0.2, 0) is 19.0 Å². The van der Waals surface area contributed by atoms with Gasteiger partial charge in [-0.1, -0.05) is 123 Å². The quantitative estimate of drug-likeness (QED) is 0.0630. The van der Waals surface area contributed by atoms with Crippen molar-refractivity contribution in [3.05, 3.63) is 0 Å². The fourth-order valence-corrected chi connectivity index (χ4v) is 4.33. The molecule has 0 aliphatic heterocycles. The van der Waals surface area contributed by atoms with Crippen LogP contribution in [0.25, 0.3) is 0 Å². The second-order valence-electron chi connectivity index (χ2n) is 10.0. The van der Waals surface area contributed by atoms with Gasteiger partial charge in [0.05, 0.1) is 7.11 Å². The molecule has 0 aromatic heterocycles. The van der Waals surface area contributed by atoms with Crippen molar-refractivity contribution in [3.63, 3.8) is 0 Å². The zero-order valence-electron chi connectivity index (χ0n) is 23.4. The largest absolute Gasteiger partial charge is 0.469 e. The van der Waals surface area contributed by atoms with Crippen LogP contribution in [-0.4, -0.2) is 32.6 Å². The highest BCUT2D eigenvalue weighted by atomic mass is 16.7. The molecule has 0 saturated heterocycles. The summed E-state index contributed by atoms with van der Waals surface area (Å²) in [5, 5.41) is 0. The minimum absolute atomic E-state index is 0.0378. The Kier molecular flexibility index (Phi) is 28.1. The summed E-state index contributed by atoms with van der Waals surface area (Å²) in [6.07, 6.45) is 28.2. The average Bonchev–Trinajstić information content (AvgIpc) is 2.85. The van der Waals surface area contributed by atoms with E-state index in [0.717, 1.165) is 51.7 Å². The highest BCUT2D eigenvalue weighted by Gasteiger charge is 2.09. The predicted molar refractivity (Wildman–Crippen MR) is 145 cm³/mol. The van der Waals surface area contributed by atoms with E-state index in [0.29, 0.717) is 6.42 Å². The number of hydrogen-bond acceptors (Lipinski definition) is 4. The third kappa shape index (κ3) is 26.0. The molecule has 0 rings (SSSR count). The first-order chi connectivity index (χ1) is 16.7. The Morgan fingerprint density at radius 1 is 0.529 bits per heavy atom. The highest BCUT2D eigenvalue weighted by molar-refractivity contribution is 5.68. The molecule has 0 N–H and O–H groups in total. The highest BCUT2D eigenvalue weighted by Crippen LogP contribution is 2.15. The van der Waals surface area contributed by atoms with Gasteiger partial charge in [-0.15, -0.1) is 0 Å². The molecule has 0 spiro atoms. The number of esters is 1. The third-order valence-corrected chi connectivity index (χ3v) is 6.65. The zero-order valence-corrected chi connectivity index (χ0v) is 23.4. The van der Waals surface area contributed by atoms with E-state index in [1.54, 1.807) is 0 Å². The lowest BCUT2D eigenvalue weighted by atomic mass is 10.1.